The van der Waals surface area contributed by atoms with Gasteiger partial charge in [-0.05, 0) is 37.3 Å². The second kappa shape index (κ2) is 8.69. The molecule has 0 unspecified atom stereocenters. The van der Waals surface area contributed by atoms with Crippen LogP contribution in [0.3, 0.4) is 0 Å². The lowest BCUT2D eigenvalue weighted by Gasteiger charge is -2.17. The van der Waals surface area contributed by atoms with Crippen molar-refractivity contribution in [1.29, 1.82) is 5.26 Å². The van der Waals surface area contributed by atoms with Crippen molar-refractivity contribution in [2.45, 2.75) is 6.42 Å². The molecule has 1 aliphatic heterocycles. The monoisotopic (exact) mass is 338 g/mol. The zero-order valence-electron chi connectivity index (χ0n) is 14.4. The van der Waals surface area contributed by atoms with Crippen molar-refractivity contribution in [1.82, 2.24) is 10.2 Å². The van der Waals surface area contributed by atoms with Crippen molar-refractivity contribution in [3.05, 3.63) is 48.1 Å². The van der Waals surface area contributed by atoms with Crippen LogP contribution in [0.1, 0.15) is 12.0 Å². The zero-order valence-corrected chi connectivity index (χ0v) is 14.4. The van der Waals surface area contributed by atoms with Crippen molar-refractivity contribution >= 4 is 18.3 Å². The fourth-order valence-electron chi connectivity index (χ4n) is 2.81. The number of ether oxygens (including phenoxy) is 1. The van der Waals surface area contributed by atoms with Crippen molar-refractivity contribution in [3.63, 3.8) is 0 Å². The number of carbonyl (C=O) groups excluding carboxylic acids is 1. The van der Waals surface area contributed by atoms with Crippen molar-refractivity contribution in [2.24, 2.45) is 10.9 Å². The third kappa shape index (κ3) is 4.70. The highest BCUT2D eigenvalue weighted by Crippen LogP contribution is 2.23. The Morgan fingerprint density at radius 3 is 3.08 bits per heavy atom. The standard InChI is InChI=1S/C19H22N4O2/c1-14(19(24)23-8-7-15(12-23)11-22-13-20)9-18(21-2)16-5-4-6-17(10-16)25-3/h4-6,9-10,15,22H,1-2,7-8,11-12H2,3H3/b18-9-/t15-/m1/s1. The molecule has 1 aromatic rings. The van der Waals surface area contributed by atoms with Gasteiger partial charge in [-0.3, -0.25) is 9.79 Å². The SMILES string of the molecule is C=N/C(=C\C(=C)C(=O)N1CC[C@H](CNC#N)C1)c1cccc(OC)c1. The van der Waals surface area contributed by atoms with E-state index in [1.54, 1.807) is 18.1 Å². The molecule has 1 N–H and O–H groups in total. The Bertz CT molecular complexity index is 733. The second-order valence-electron chi connectivity index (χ2n) is 5.84. The van der Waals surface area contributed by atoms with Gasteiger partial charge in [0, 0.05) is 30.8 Å². The highest BCUT2D eigenvalue weighted by atomic mass is 16.5. The number of hydrogen-bond acceptors (Lipinski definition) is 5. The van der Waals surface area contributed by atoms with Gasteiger partial charge in [0.15, 0.2) is 6.19 Å². The first-order chi connectivity index (χ1) is 12.1. The Hall–Kier alpha value is -3.07. The average Bonchev–Trinajstić information content (AvgIpc) is 3.12. The maximum absolute atomic E-state index is 12.6. The minimum Gasteiger partial charge on any atom is -0.497 e. The van der Waals surface area contributed by atoms with Crippen LogP contribution in [-0.2, 0) is 4.79 Å². The van der Waals surface area contributed by atoms with Gasteiger partial charge in [0.25, 0.3) is 5.91 Å². The highest BCUT2D eigenvalue weighted by molar-refractivity contribution is 5.97. The van der Waals surface area contributed by atoms with E-state index in [-0.39, 0.29) is 11.8 Å². The minimum atomic E-state index is -0.122. The van der Waals surface area contributed by atoms with E-state index in [0.717, 1.165) is 12.0 Å². The van der Waals surface area contributed by atoms with Crippen molar-refractivity contribution < 1.29 is 9.53 Å². The predicted molar refractivity (Wildman–Crippen MR) is 98.0 cm³/mol. The fourth-order valence-corrected chi connectivity index (χ4v) is 2.81. The lowest BCUT2D eigenvalue weighted by Crippen LogP contribution is -2.30. The van der Waals surface area contributed by atoms with Gasteiger partial charge in [-0.2, -0.15) is 5.26 Å². The summed E-state index contributed by atoms with van der Waals surface area (Å²) in [5, 5.41) is 11.2. The molecule has 25 heavy (non-hydrogen) atoms. The summed E-state index contributed by atoms with van der Waals surface area (Å²) in [5.41, 5.74) is 1.74. The van der Waals surface area contributed by atoms with Gasteiger partial charge >= 0.3 is 0 Å². The summed E-state index contributed by atoms with van der Waals surface area (Å²) in [6.45, 7) is 9.35. The Kier molecular flexibility index (Phi) is 6.35. The van der Waals surface area contributed by atoms with Gasteiger partial charge in [-0.25, -0.2) is 0 Å². The number of nitrogens with zero attached hydrogens (tertiary/aromatic N) is 3. The molecule has 0 aromatic heterocycles. The summed E-state index contributed by atoms with van der Waals surface area (Å²) in [4.78, 5) is 18.4. The van der Waals surface area contributed by atoms with Crippen LogP contribution >= 0.6 is 0 Å². The topological polar surface area (TPSA) is 77.7 Å². The van der Waals surface area contributed by atoms with E-state index in [4.69, 9.17) is 10.00 Å². The number of rotatable bonds is 7. The zero-order chi connectivity index (χ0) is 18.2. The number of nitriles is 1. The summed E-state index contributed by atoms with van der Waals surface area (Å²) < 4.78 is 5.21. The highest BCUT2D eigenvalue weighted by Gasteiger charge is 2.26. The molecule has 0 spiro atoms. The number of hydrogen-bond donors (Lipinski definition) is 1. The second-order valence-corrected chi connectivity index (χ2v) is 5.84. The molecule has 1 saturated heterocycles. The molecular weight excluding hydrogens is 316 g/mol. The molecule has 0 radical (unpaired) electrons. The van der Waals surface area contributed by atoms with Gasteiger partial charge in [-0.15, -0.1) is 0 Å². The quantitative estimate of drug-likeness (QED) is 0.272. The first kappa shape index (κ1) is 18.3. The molecule has 0 aliphatic carbocycles. The number of carbonyl (C=O) groups is 1. The van der Waals surface area contributed by atoms with E-state index in [9.17, 15) is 4.79 Å². The number of nitrogens with one attached hydrogen (secondary N) is 1. The molecule has 1 heterocycles. The molecule has 6 heteroatoms. The van der Waals surface area contributed by atoms with Gasteiger partial charge < -0.3 is 15.0 Å². The molecule has 0 saturated carbocycles. The Balaban J connectivity index is 2.08. The van der Waals surface area contributed by atoms with Gasteiger partial charge in [0.1, 0.15) is 5.75 Å². The molecule has 1 fully saturated rings. The van der Waals surface area contributed by atoms with Crippen LogP contribution in [0.15, 0.2) is 47.5 Å². The number of benzene rings is 1. The molecule has 6 nitrogen and oxygen atoms in total. The van der Waals surface area contributed by atoms with E-state index in [0.29, 0.717) is 36.7 Å². The smallest absolute Gasteiger partial charge is 0.253 e. The van der Waals surface area contributed by atoms with Crippen LogP contribution in [0.4, 0.5) is 0 Å². The fraction of sp³-hybridized carbons (Fsp3) is 0.316. The third-order valence-electron chi connectivity index (χ3n) is 4.16. The van der Waals surface area contributed by atoms with Gasteiger partial charge in [0.2, 0.25) is 0 Å². The summed E-state index contributed by atoms with van der Waals surface area (Å²) in [6, 6.07) is 7.40. The molecule has 2 rings (SSSR count). The maximum atomic E-state index is 12.6. The molecule has 1 aromatic carbocycles. The summed E-state index contributed by atoms with van der Waals surface area (Å²) in [5.74, 6) is 0.871. The van der Waals surface area contributed by atoms with E-state index in [1.807, 2.05) is 30.5 Å². The van der Waals surface area contributed by atoms with Crippen LogP contribution in [0.25, 0.3) is 5.70 Å². The molecule has 1 aliphatic rings. The minimum absolute atomic E-state index is 0.122. The van der Waals surface area contributed by atoms with Crippen LogP contribution in [0, 0.1) is 17.4 Å². The molecule has 1 atom stereocenters. The van der Waals surface area contributed by atoms with E-state index < -0.39 is 0 Å². The third-order valence-corrected chi connectivity index (χ3v) is 4.16. The van der Waals surface area contributed by atoms with Crippen LogP contribution in [0.2, 0.25) is 0 Å². The van der Waals surface area contributed by atoms with E-state index in [1.165, 1.54) is 0 Å². The largest absolute Gasteiger partial charge is 0.497 e. The lowest BCUT2D eigenvalue weighted by molar-refractivity contribution is -0.125. The Morgan fingerprint density at radius 2 is 2.40 bits per heavy atom. The Morgan fingerprint density at radius 1 is 1.60 bits per heavy atom. The Labute approximate surface area is 148 Å². The average molecular weight is 338 g/mol. The molecular formula is C19H22N4O2. The first-order valence-corrected chi connectivity index (χ1v) is 8.02. The van der Waals surface area contributed by atoms with E-state index in [2.05, 4.69) is 23.6 Å². The first-order valence-electron chi connectivity index (χ1n) is 8.02. The van der Waals surface area contributed by atoms with Crippen LogP contribution < -0.4 is 10.1 Å². The molecule has 1 amide bonds. The van der Waals surface area contributed by atoms with Gasteiger partial charge in [0.05, 0.1) is 12.8 Å². The van der Waals surface area contributed by atoms with Crippen LogP contribution in [0.5, 0.6) is 5.75 Å². The lowest BCUT2D eigenvalue weighted by atomic mass is 10.1. The normalized spacial score (nSPS) is 16.9. The number of aliphatic imine (C=N–C) groups is 1. The number of methoxy groups -OCH3 is 1. The molecule has 130 valence electrons. The number of amides is 1. The molecule has 0 bridgehead atoms. The predicted octanol–water partition coefficient (Wildman–Crippen LogP) is 2.21. The van der Waals surface area contributed by atoms with Crippen LogP contribution in [-0.4, -0.2) is 44.3 Å². The maximum Gasteiger partial charge on any atom is 0.253 e. The van der Waals surface area contributed by atoms with Gasteiger partial charge in [-0.1, -0.05) is 18.7 Å². The van der Waals surface area contributed by atoms with Crippen molar-refractivity contribution in [2.75, 3.05) is 26.7 Å². The summed E-state index contributed by atoms with van der Waals surface area (Å²) in [6.07, 6.45) is 4.43. The van der Waals surface area contributed by atoms with Crippen molar-refractivity contribution in [3.8, 4) is 11.9 Å². The number of likely N-dealkylation sites (tertiary alicyclic amines) is 1. The summed E-state index contributed by atoms with van der Waals surface area (Å²) >= 11 is 0. The summed E-state index contributed by atoms with van der Waals surface area (Å²) in [7, 11) is 1.59. The van der Waals surface area contributed by atoms with E-state index >= 15 is 0 Å².